The summed E-state index contributed by atoms with van der Waals surface area (Å²) in [5.74, 6) is 0.690. The van der Waals surface area contributed by atoms with E-state index in [-0.39, 0.29) is 12.5 Å². The highest BCUT2D eigenvalue weighted by molar-refractivity contribution is 5.66. The molecule has 0 aliphatic carbocycles. The molecule has 0 spiro atoms. The number of methoxy groups -OCH3 is 1. The van der Waals surface area contributed by atoms with Gasteiger partial charge in [0.25, 0.3) is 0 Å². The Morgan fingerprint density at radius 2 is 2.39 bits per heavy atom. The number of ether oxygens (including phenoxy) is 2. The first-order valence-corrected chi connectivity index (χ1v) is 5.92. The second-order valence-electron chi connectivity index (χ2n) is 4.34. The minimum atomic E-state index is -0.846. The minimum absolute atomic E-state index is 0.0439. The van der Waals surface area contributed by atoms with Crippen LogP contribution in [-0.4, -0.2) is 24.8 Å². The predicted octanol–water partition coefficient (Wildman–Crippen LogP) is 1.49. The molecule has 0 aromatic heterocycles. The average Bonchev–Trinajstić information content (AvgIpc) is 2.81. The van der Waals surface area contributed by atoms with E-state index < -0.39 is 5.97 Å². The van der Waals surface area contributed by atoms with Crippen molar-refractivity contribution in [3.63, 3.8) is 0 Å². The smallest absolute Gasteiger partial charge is 0.303 e. The van der Waals surface area contributed by atoms with Gasteiger partial charge in [0.2, 0.25) is 0 Å². The SMILES string of the molecule is COc1cc2c(cc1C(N)CCC(=O)O)OCC2. The molecule has 0 bridgehead atoms. The normalized spacial score (nSPS) is 14.8. The van der Waals surface area contributed by atoms with Gasteiger partial charge in [0.05, 0.1) is 13.7 Å². The Morgan fingerprint density at radius 3 is 3.06 bits per heavy atom. The Labute approximate surface area is 106 Å². The summed E-state index contributed by atoms with van der Waals surface area (Å²) in [4.78, 5) is 10.6. The van der Waals surface area contributed by atoms with Crippen molar-refractivity contribution in [2.75, 3.05) is 13.7 Å². The number of carbonyl (C=O) groups is 1. The van der Waals surface area contributed by atoms with Crippen molar-refractivity contribution in [2.45, 2.75) is 25.3 Å². The first-order valence-electron chi connectivity index (χ1n) is 5.92. The molecule has 18 heavy (non-hydrogen) atoms. The third kappa shape index (κ3) is 2.56. The van der Waals surface area contributed by atoms with E-state index in [2.05, 4.69) is 0 Å². The Hall–Kier alpha value is -1.75. The fourth-order valence-electron chi connectivity index (χ4n) is 2.12. The number of nitrogens with two attached hydrogens (primary N) is 1. The van der Waals surface area contributed by atoms with Crippen molar-refractivity contribution in [2.24, 2.45) is 5.73 Å². The topological polar surface area (TPSA) is 81.8 Å². The molecular formula is C13H17NO4. The molecule has 1 aliphatic rings. The molecule has 2 rings (SSSR count). The summed E-state index contributed by atoms with van der Waals surface area (Å²) in [6.45, 7) is 0.673. The zero-order valence-corrected chi connectivity index (χ0v) is 10.3. The van der Waals surface area contributed by atoms with Crippen LogP contribution in [0, 0.1) is 0 Å². The summed E-state index contributed by atoms with van der Waals surface area (Å²) < 4.78 is 10.8. The lowest BCUT2D eigenvalue weighted by molar-refractivity contribution is -0.137. The second-order valence-corrected chi connectivity index (χ2v) is 4.34. The molecule has 5 heteroatoms. The molecule has 1 atom stereocenters. The molecule has 0 saturated heterocycles. The Balaban J connectivity index is 2.23. The molecule has 98 valence electrons. The summed E-state index contributed by atoms with van der Waals surface area (Å²) in [7, 11) is 1.59. The summed E-state index contributed by atoms with van der Waals surface area (Å²) in [5.41, 5.74) is 7.93. The molecule has 0 radical (unpaired) electrons. The number of hydrogen-bond donors (Lipinski definition) is 2. The van der Waals surface area contributed by atoms with Crippen LogP contribution < -0.4 is 15.2 Å². The van der Waals surface area contributed by atoms with Gasteiger partial charge in [-0.1, -0.05) is 0 Å². The first-order chi connectivity index (χ1) is 8.61. The third-order valence-electron chi connectivity index (χ3n) is 3.11. The van der Waals surface area contributed by atoms with Crippen molar-refractivity contribution < 1.29 is 19.4 Å². The maximum Gasteiger partial charge on any atom is 0.303 e. The van der Waals surface area contributed by atoms with Crippen LogP contribution in [0.3, 0.4) is 0 Å². The van der Waals surface area contributed by atoms with Gasteiger partial charge in [0.15, 0.2) is 0 Å². The molecule has 1 aromatic rings. The van der Waals surface area contributed by atoms with Gasteiger partial charge < -0.3 is 20.3 Å². The molecular weight excluding hydrogens is 234 g/mol. The summed E-state index contributed by atoms with van der Waals surface area (Å²) >= 11 is 0. The quantitative estimate of drug-likeness (QED) is 0.828. The molecule has 0 amide bonds. The van der Waals surface area contributed by atoms with E-state index >= 15 is 0 Å². The van der Waals surface area contributed by atoms with E-state index in [1.54, 1.807) is 7.11 Å². The van der Waals surface area contributed by atoms with Crippen molar-refractivity contribution in [3.05, 3.63) is 23.3 Å². The average molecular weight is 251 g/mol. The van der Waals surface area contributed by atoms with Crippen LogP contribution in [0.1, 0.15) is 30.0 Å². The summed E-state index contributed by atoms with van der Waals surface area (Å²) in [6, 6.07) is 3.44. The van der Waals surface area contributed by atoms with Crippen molar-refractivity contribution in [1.29, 1.82) is 0 Å². The van der Waals surface area contributed by atoms with E-state index in [9.17, 15) is 4.79 Å². The Bertz CT molecular complexity index is 459. The van der Waals surface area contributed by atoms with Crippen molar-refractivity contribution in [3.8, 4) is 11.5 Å². The van der Waals surface area contributed by atoms with Crippen LogP contribution in [-0.2, 0) is 11.2 Å². The Kier molecular flexibility index (Phi) is 3.72. The van der Waals surface area contributed by atoms with Gasteiger partial charge in [0, 0.05) is 30.0 Å². The number of hydrogen-bond acceptors (Lipinski definition) is 4. The highest BCUT2D eigenvalue weighted by Gasteiger charge is 2.20. The van der Waals surface area contributed by atoms with Crippen molar-refractivity contribution >= 4 is 5.97 Å². The van der Waals surface area contributed by atoms with E-state index in [4.69, 9.17) is 20.3 Å². The molecule has 0 saturated carbocycles. The van der Waals surface area contributed by atoms with Gasteiger partial charge in [-0.05, 0) is 18.6 Å². The highest BCUT2D eigenvalue weighted by atomic mass is 16.5. The van der Waals surface area contributed by atoms with Gasteiger partial charge in [-0.15, -0.1) is 0 Å². The number of carboxylic acids is 1. The van der Waals surface area contributed by atoms with Gasteiger partial charge in [0.1, 0.15) is 11.5 Å². The standard InChI is InChI=1S/C13H17NO4/c1-17-12-6-8-4-5-18-11(8)7-9(12)10(14)2-3-13(15)16/h6-7,10H,2-5,14H2,1H3,(H,15,16). The van der Waals surface area contributed by atoms with Gasteiger partial charge in [-0.2, -0.15) is 0 Å². The lowest BCUT2D eigenvalue weighted by Crippen LogP contribution is -2.13. The van der Waals surface area contributed by atoms with Crippen LogP contribution in [0.5, 0.6) is 11.5 Å². The molecule has 1 heterocycles. The largest absolute Gasteiger partial charge is 0.496 e. The van der Waals surface area contributed by atoms with Gasteiger partial charge in [-0.25, -0.2) is 0 Å². The van der Waals surface area contributed by atoms with E-state index in [1.165, 1.54) is 0 Å². The molecule has 1 aromatic carbocycles. The number of aliphatic carboxylic acids is 1. The van der Waals surface area contributed by atoms with Crippen LogP contribution in [0.25, 0.3) is 0 Å². The number of fused-ring (bicyclic) bond motifs is 1. The van der Waals surface area contributed by atoms with Crippen LogP contribution in [0.2, 0.25) is 0 Å². The number of rotatable bonds is 5. The van der Waals surface area contributed by atoms with E-state index in [0.29, 0.717) is 18.8 Å². The van der Waals surface area contributed by atoms with Crippen LogP contribution in [0.15, 0.2) is 12.1 Å². The zero-order valence-electron chi connectivity index (χ0n) is 10.3. The summed E-state index contributed by atoms with van der Waals surface area (Å²) in [5, 5.41) is 8.68. The lowest BCUT2D eigenvalue weighted by Gasteiger charge is -2.16. The molecule has 1 aliphatic heterocycles. The second kappa shape index (κ2) is 5.27. The minimum Gasteiger partial charge on any atom is -0.496 e. The molecule has 0 fully saturated rings. The van der Waals surface area contributed by atoms with Gasteiger partial charge >= 0.3 is 5.97 Å². The highest BCUT2D eigenvalue weighted by Crippen LogP contribution is 2.36. The van der Waals surface area contributed by atoms with Crippen LogP contribution >= 0.6 is 0 Å². The first kappa shape index (κ1) is 12.7. The van der Waals surface area contributed by atoms with E-state index in [0.717, 1.165) is 23.3 Å². The zero-order chi connectivity index (χ0) is 13.1. The Morgan fingerprint density at radius 1 is 1.61 bits per heavy atom. The fraction of sp³-hybridized carbons (Fsp3) is 0.462. The fourth-order valence-corrected chi connectivity index (χ4v) is 2.12. The maximum absolute atomic E-state index is 10.6. The molecule has 3 N–H and O–H groups in total. The van der Waals surface area contributed by atoms with E-state index in [1.807, 2.05) is 12.1 Å². The van der Waals surface area contributed by atoms with Gasteiger partial charge in [-0.3, -0.25) is 4.79 Å². The molecule has 5 nitrogen and oxygen atoms in total. The number of benzene rings is 1. The van der Waals surface area contributed by atoms with Crippen molar-refractivity contribution in [1.82, 2.24) is 0 Å². The molecule has 1 unspecified atom stereocenters. The maximum atomic E-state index is 10.6. The summed E-state index contributed by atoms with van der Waals surface area (Å²) in [6.07, 6.45) is 1.29. The third-order valence-corrected chi connectivity index (χ3v) is 3.11. The lowest BCUT2D eigenvalue weighted by atomic mass is 9.99. The van der Waals surface area contributed by atoms with Crippen LogP contribution in [0.4, 0.5) is 0 Å². The predicted molar refractivity (Wildman–Crippen MR) is 66.0 cm³/mol. The monoisotopic (exact) mass is 251 g/mol. The number of carboxylic acid groups (broad SMARTS) is 1.